The maximum atomic E-state index is 9.18. The summed E-state index contributed by atoms with van der Waals surface area (Å²) in [5.41, 5.74) is 3.72. The van der Waals surface area contributed by atoms with Gasteiger partial charge in [-0.2, -0.15) is 0 Å². The zero-order valence-corrected chi connectivity index (χ0v) is 12.9. The van der Waals surface area contributed by atoms with Crippen molar-refractivity contribution in [2.24, 2.45) is 0 Å². The van der Waals surface area contributed by atoms with Gasteiger partial charge in [-0.3, -0.25) is 0 Å². The van der Waals surface area contributed by atoms with Crippen molar-refractivity contribution in [2.75, 3.05) is 0 Å². The first kappa shape index (κ1) is 15.2. The van der Waals surface area contributed by atoms with Crippen LogP contribution in [0.5, 0.6) is 5.75 Å². The van der Waals surface area contributed by atoms with Crippen LogP contribution < -0.4 is 4.74 Å². The van der Waals surface area contributed by atoms with E-state index in [0.29, 0.717) is 16.7 Å². The molecule has 2 aromatic carbocycles. The van der Waals surface area contributed by atoms with Gasteiger partial charge in [0.15, 0.2) is 0 Å². The molecule has 2 nitrogen and oxygen atoms in total. The molecule has 0 saturated carbocycles. The fourth-order valence-electron chi connectivity index (χ4n) is 2.17. The van der Waals surface area contributed by atoms with Gasteiger partial charge in [-0.05, 0) is 36.6 Å². The molecule has 4 heteroatoms. The molecule has 0 aliphatic rings. The van der Waals surface area contributed by atoms with E-state index in [4.69, 9.17) is 27.9 Å². The number of aryl methyl sites for hydroxylation is 2. The van der Waals surface area contributed by atoms with E-state index < -0.39 is 0 Å². The van der Waals surface area contributed by atoms with E-state index in [-0.39, 0.29) is 6.61 Å². The first-order valence-corrected chi connectivity index (χ1v) is 7.05. The van der Waals surface area contributed by atoms with E-state index in [0.717, 1.165) is 28.0 Å². The molecule has 0 aliphatic carbocycles. The summed E-state index contributed by atoms with van der Waals surface area (Å²) < 4.78 is 5.86. The van der Waals surface area contributed by atoms with Crippen LogP contribution in [0.2, 0.25) is 10.0 Å². The molecule has 0 aromatic heterocycles. The third-order valence-corrected chi connectivity index (χ3v) is 3.96. The Hall–Kier alpha value is -1.22. The number of hydrogen-bond acceptors (Lipinski definition) is 2. The molecule has 0 bridgehead atoms. The van der Waals surface area contributed by atoms with Crippen molar-refractivity contribution >= 4 is 23.2 Å². The Morgan fingerprint density at radius 3 is 2.35 bits per heavy atom. The summed E-state index contributed by atoms with van der Waals surface area (Å²) in [6.45, 7) is 4.31. The average Bonchev–Trinajstić information content (AvgIpc) is 2.42. The van der Waals surface area contributed by atoms with E-state index in [2.05, 4.69) is 0 Å². The molecule has 0 amide bonds. The Balaban J connectivity index is 2.21. The van der Waals surface area contributed by atoms with Crippen LogP contribution in [0.25, 0.3) is 0 Å². The van der Waals surface area contributed by atoms with Crippen LogP contribution >= 0.6 is 23.2 Å². The van der Waals surface area contributed by atoms with Gasteiger partial charge in [-0.25, -0.2) is 0 Å². The number of rotatable bonds is 4. The highest BCUT2D eigenvalue weighted by molar-refractivity contribution is 6.42. The minimum atomic E-state index is 0.0298. The van der Waals surface area contributed by atoms with E-state index in [1.54, 1.807) is 6.07 Å². The van der Waals surface area contributed by atoms with Gasteiger partial charge in [-0.15, -0.1) is 0 Å². The van der Waals surface area contributed by atoms with Crippen molar-refractivity contribution in [3.05, 3.63) is 62.6 Å². The fourth-order valence-corrected chi connectivity index (χ4v) is 2.54. The highest BCUT2D eigenvalue weighted by atomic mass is 35.5. The SMILES string of the molecule is Cc1cc(CO)cc(C)c1OCc1cccc(Cl)c1Cl. The number of halogens is 2. The summed E-state index contributed by atoms with van der Waals surface area (Å²) in [6.07, 6.45) is 0. The average molecular weight is 311 g/mol. The van der Waals surface area contributed by atoms with Gasteiger partial charge >= 0.3 is 0 Å². The highest BCUT2D eigenvalue weighted by Crippen LogP contribution is 2.29. The third kappa shape index (κ3) is 3.26. The summed E-state index contributed by atoms with van der Waals surface area (Å²) in [4.78, 5) is 0. The van der Waals surface area contributed by atoms with Gasteiger partial charge < -0.3 is 9.84 Å². The molecular weight excluding hydrogens is 295 g/mol. The molecule has 2 aromatic rings. The molecule has 106 valence electrons. The number of benzene rings is 2. The van der Waals surface area contributed by atoms with Gasteiger partial charge in [-0.1, -0.05) is 47.5 Å². The van der Waals surface area contributed by atoms with E-state index >= 15 is 0 Å². The second-order valence-electron chi connectivity index (χ2n) is 4.72. The van der Waals surface area contributed by atoms with Gasteiger partial charge in [0, 0.05) is 5.56 Å². The topological polar surface area (TPSA) is 29.5 Å². The molecular formula is C16H16Cl2O2. The third-order valence-electron chi connectivity index (χ3n) is 3.11. The minimum absolute atomic E-state index is 0.0298. The fraction of sp³-hybridized carbons (Fsp3) is 0.250. The maximum Gasteiger partial charge on any atom is 0.125 e. The molecule has 0 unspecified atom stereocenters. The van der Waals surface area contributed by atoms with E-state index in [9.17, 15) is 5.11 Å². The lowest BCUT2D eigenvalue weighted by Gasteiger charge is -2.14. The van der Waals surface area contributed by atoms with Crippen LogP contribution in [0.3, 0.4) is 0 Å². The summed E-state index contributed by atoms with van der Waals surface area (Å²) >= 11 is 12.1. The number of aliphatic hydroxyl groups is 1. The summed E-state index contributed by atoms with van der Waals surface area (Å²) in [5.74, 6) is 0.818. The quantitative estimate of drug-likeness (QED) is 0.888. The van der Waals surface area contributed by atoms with E-state index in [1.807, 2.05) is 38.1 Å². The van der Waals surface area contributed by atoms with Crippen LogP contribution in [0.4, 0.5) is 0 Å². The van der Waals surface area contributed by atoms with Crippen molar-refractivity contribution in [3.63, 3.8) is 0 Å². The molecule has 0 atom stereocenters. The molecule has 0 fully saturated rings. The lowest BCUT2D eigenvalue weighted by atomic mass is 10.1. The van der Waals surface area contributed by atoms with Crippen molar-refractivity contribution in [1.29, 1.82) is 0 Å². The molecule has 0 aliphatic heterocycles. The normalized spacial score (nSPS) is 10.7. The van der Waals surface area contributed by atoms with Crippen molar-refractivity contribution in [3.8, 4) is 5.75 Å². The molecule has 0 heterocycles. The van der Waals surface area contributed by atoms with Crippen LogP contribution in [0.15, 0.2) is 30.3 Å². The number of aliphatic hydroxyl groups excluding tert-OH is 1. The second-order valence-corrected chi connectivity index (χ2v) is 5.50. The molecule has 0 saturated heterocycles. The second kappa shape index (κ2) is 6.49. The summed E-state index contributed by atoms with van der Waals surface area (Å²) in [6, 6.07) is 9.33. The summed E-state index contributed by atoms with van der Waals surface area (Å²) in [5, 5.41) is 10.2. The highest BCUT2D eigenvalue weighted by Gasteiger charge is 2.09. The largest absolute Gasteiger partial charge is 0.488 e. The molecule has 0 spiro atoms. The van der Waals surface area contributed by atoms with Gasteiger partial charge in [0.2, 0.25) is 0 Å². The lowest BCUT2D eigenvalue weighted by molar-refractivity contribution is 0.280. The smallest absolute Gasteiger partial charge is 0.125 e. The van der Waals surface area contributed by atoms with Gasteiger partial charge in [0.25, 0.3) is 0 Å². The lowest BCUT2D eigenvalue weighted by Crippen LogP contribution is -2.01. The van der Waals surface area contributed by atoms with Crippen LogP contribution in [0.1, 0.15) is 22.3 Å². The molecule has 2 rings (SSSR count). The Bertz CT molecular complexity index is 601. The zero-order chi connectivity index (χ0) is 14.7. The first-order chi connectivity index (χ1) is 9.52. The maximum absolute atomic E-state index is 9.18. The van der Waals surface area contributed by atoms with Crippen LogP contribution in [0, 0.1) is 13.8 Å². The number of hydrogen-bond donors (Lipinski definition) is 1. The minimum Gasteiger partial charge on any atom is -0.488 e. The van der Waals surface area contributed by atoms with Gasteiger partial charge in [0.1, 0.15) is 12.4 Å². The first-order valence-electron chi connectivity index (χ1n) is 6.29. The van der Waals surface area contributed by atoms with Crippen molar-refractivity contribution in [2.45, 2.75) is 27.1 Å². The zero-order valence-electron chi connectivity index (χ0n) is 11.4. The van der Waals surface area contributed by atoms with Crippen molar-refractivity contribution in [1.82, 2.24) is 0 Å². The number of ether oxygens (including phenoxy) is 1. The summed E-state index contributed by atoms with van der Waals surface area (Å²) in [7, 11) is 0. The molecule has 0 radical (unpaired) electrons. The van der Waals surface area contributed by atoms with E-state index in [1.165, 1.54) is 0 Å². The Labute approximate surface area is 128 Å². The predicted octanol–water partition coefficient (Wildman–Crippen LogP) is 4.68. The molecule has 20 heavy (non-hydrogen) atoms. The predicted molar refractivity (Wildman–Crippen MR) is 82.6 cm³/mol. The Morgan fingerprint density at radius 2 is 1.75 bits per heavy atom. The Kier molecular flexibility index (Phi) is 4.92. The van der Waals surface area contributed by atoms with Gasteiger partial charge in [0.05, 0.1) is 16.7 Å². The van der Waals surface area contributed by atoms with Crippen molar-refractivity contribution < 1.29 is 9.84 Å². The van der Waals surface area contributed by atoms with Crippen LogP contribution in [-0.4, -0.2) is 5.11 Å². The molecule has 1 N–H and O–H groups in total. The van der Waals surface area contributed by atoms with Crippen LogP contribution in [-0.2, 0) is 13.2 Å². The standard InChI is InChI=1S/C16H16Cl2O2/c1-10-6-12(8-19)7-11(2)16(10)20-9-13-4-3-5-14(17)15(13)18/h3-7,19H,8-9H2,1-2H3. The monoisotopic (exact) mass is 310 g/mol. The Morgan fingerprint density at radius 1 is 1.10 bits per heavy atom.